The number of pyridine rings is 1. The highest BCUT2D eigenvalue weighted by Gasteiger charge is 2.09. The normalized spacial score (nSPS) is 10.7. The van der Waals surface area contributed by atoms with Crippen molar-refractivity contribution in [1.82, 2.24) is 9.38 Å². The van der Waals surface area contributed by atoms with Gasteiger partial charge in [-0.2, -0.15) is 0 Å². The van der Waals surface area contributed by atoms with Crippen LogP contribution in [0, 0.1) is 0 Å². The maximum Gasteiger partial charge on any atom is 0.137 e. The lowest BCUT2D eigenvalue weighted by molar-refractivity contribution is 0.412. The Morgan fingerprint density at radius 2 is 2.11 bits per heavy atom. The van der Waals surface area contributed by atoms with E-state index in [1.54, 1.807) is 25.4 Å². The summed E-state index contributed by atoms with van der Waals surface area (Å²) in [6, 6.07) is 10.9. The highest BCUT2D eigenvalue weighted by Crippen LogP contribution is 2.32. The van der Waals surface area contributed by atoms with E-state index in [1.807, 2.05) is 34.9 Å². The standard InChI is InChI=1S/C14H12N2O2/c1-18-10-5-6-13(17)11(9-10)12-3-2-4-14-15-7-8-16(12)14/h2-9,17H,1H3. The lowest BCUT2D eigenvalue weighted by atomic mass is 10.1. The summed E-state index contributed by atoms with van der Waals surface area (Å²) in [6.45, 7) is 0. The number of ether oxygens (including phenoxy) is 1. The molecule has 0 aliphatic rings. The second-order valence-electron chi connectivity index (χ2n) is 3.95. The van der Waals surface area contributed by atoms with E-state index in [-0.39, 0.29) is 5.75 Å². The molecule has 0 aliphatic carbocycles. The zero-order valence-electron chi connectivity index (χ0n) is 9.87. The minimum absolute atomic E-state index is 0.219. The molecule has 0 bridgehead atoms. The number of benzene rings is 1. The van der Waals surface area contributed by atoms with Crippen molar-refractivity contribution in [3.8, 4) is 22.8 Å². The fourth-order valence-electron chi connectivity index (χ4n) is 2.01. The molecule has 90 valence electrons. The third-order valence-corrected chi connectivity index (χ3v) is 2.91. The van der Waals surface area contributed by atoms with Gasteiger partial charge in [-0.05, 0) is 30.3 Å². The van der Waals surface area contributed by atoms with Gasteiger partial charge in [0, 0.05) is 18.0 Å². The van der Waals surface area contributed by atoms with Gasteiger partial charge in [0.05, 0.1) is 12.8 Å². The number of nitrogens with zero attached hydrogens (tertiary/aromatic N) is 2. The molecule has 0 spiro atoms. The summed E-state index contributed by atoms with van der Waals surface area (Å²) < 4.78 is 7.11. The van der Waals surface area contributed by atoms with Gasteiger partial charge in [0.15, 0.2) is 0 Å². The Morgan fingerprint density at radius 3 is 2.94 bits per heavy atom. The van der Waals surface area contributed by atoms with Gasteiger partial charge in [-0.15, -0.1) is 0 Å². The molecule has 0 saturated heterocycles. The van der Waals surface area contributed by atoms with Gasteiger partial charge >= 0.3 is 0 Å². The summed E-state index contributed by atoms with van der Waals surface area (Å²) in [4.78, 5) is 4.23. The first kappa shape index (κ1) is 10.7. The molecule has 4 heteroatoms. The van der Waals surface area contributed by atoms with E-state index < -0.39 is 0 Å². The fraction of sp³-hybridized carbons (Fsp3) is 0.0714. The molecule has 0 atom stereocenters. The predicted octanol–water partition coefficient (Wildman–Crippen LogP) is 2.72. The van der Waals surface area contributed by atoms with E-state index in [2.05, 4.69) is 4.98 Å². The van der Waals surface area contributed by atoms with Crippen LogP contribution < -0.4 is 4.74 Å². The molecule has 0 unspecified atom stereocenters. The van der Waals surface area contributed by atoms with Crippen LogP contribution in [0.1, 0.15) is 0 Å². The molecule has 1 N–H and O–H groups in total. The Bertz CT molecular complexity index is 704. The van der Waals surface area contributed by atoms with Gasteiger partial charge < -0.3 is 9.84 Å². The molecule has 18 heavy (non-hydrogen) atoms. The van der Waals surface area contributed by atoms with Crippen LogP contribution in [0.25, 0.3) is 16.9 Å². The number of imidazole rings is 1. The molecule has 0 aliphatic heterocycles. The van der Waals surface area contributed by atoms with E-state index in [4.69, 9.17) is 4.74 Å². The smallest absolute Gasteiger partial charge is 0.137 e. The highest BCUT2D eigenvalue weighted by molar-refractivity contribution is 5.71. The summed E-state index contributed by atoms with van der Waals surface area (Å²) >= 11 is 0. The second kappa shape index (κ2) is 4.07. The van der Waals surface area contributed by atoms with Gasteiger partial charge in [0.2, 0.25) is 0 Å². The van der Waals surface area contributed by atoms with Crippen molar-refractivity contribution in [2.24, 2.45) is 0 Å². The van der Waals surface area contributed by atoms with Gasteiger partial charge in [0.1, 0.15) is 17.1 Å². The van der Waals surface area contributed by atoms with Crippen molar-refractivity contribution in [1.29, 1.82) is 0 Å². The SMILES string of the molecule is COc1ccc(O)c(-c2cccc3nccn23)c1. The van der Waals surface area contributed by atoms with E-state index in [0.29, 0.717) is 5.75 Å². The van der Waals surface area contributed by atoms with Crippen molar-refractivity contribution >= 4 is 5.65 Å². The predicted molar refractivity (Wildman–Crippen MR) is 68.8 cm³/mol. The average molecular weight is 240 g/mol. The summed E-state index contributed by atoms with van der Waals surface area (Å²) in [6.07, 6.45) is 3.60. The number of phenolic OH excluding ortho intramolecular Hbond substituents is 1. The van der Waals surface area contributed by atoms with Crippen molar-refractivity contribution in [3.63, 3.8) is 0 Å². The quantitative estimate of drug-likeness (QED) is 0.749. The Balaban J connectivity index is 2.28. The third-order valence-electron chi connectivity index (χ3n) is 2.91. The molecule has 0 fully saturated rings. The third kappa shape index (κ3) is 1.59. The van der Waals surface area contributed by atoms with Crippen LogP contribution in [0.4, 0.5) is 0 Å². The molecule has 3 aromatic rings. The summed E-state index contributed by atoms with van der Waals surface area (Å²) in [5.41, 5.74) is 2.44. The van der Waals surface area contributed by atoms with Crippen molar-refractivity contribution in [3.05, 3.63) is 48.8 Å². The zero-order valence-corrected chi connectivity index (χ0v) is 9.87. The average Bonchev–Trinajstić information content (AvgIpc) is 2.87. The summed E-state index contributed by atoms with van der Waals surface area (Å²) in [5.74, 6) is 0.928. The van der Waals surface area contributed by atoms with Crippen LogP contribution in [0.5, 0.6) is 11.5 Å². The van der Waals surface area contributed by atoms with E-state index >= 15 is 0 Å². The monoisotopic (exact) mass is 240 g/mol. The number of fused-ring (bicyclic) bond motifs is 1. The van der Waals surface area contributed by atoms with Gasteiger partial charge in [-0.3, -0.25) is 4.40 Å². The molecule has 3 rings (SSSR count). The highest BCUT2D eigenvalue weighted by atomic mass is 16.5. The maximum absolute atomic E-state index is 9.99. The van der Waals surface area contributed by atoms with Crippen LogP contribution in [0.3, 0.4) is 0 Å². The van der Waals surface area contributed by atoms with Crippen LogP contribution in [-0.2, 0) is 0 Å². The van der Waals surface area contributed by atoms with E-state index in [0.717, 1.165) is 16.9 Å². The van der Waals surface area contributed by atoms with Crippen LogP contribution in [-0.4, -0.2) is 21.6 Å². The Labute approximate surface area is 104 Å². The number of rotatable bonds is 2. The second-order valence-corrected chi connectivity index (χ2v) is 3.95. The Morgan fingerprint density at radius 1 is 1.22 bits per heavy atom. The van der Waals surface area contributed by atoms with Gasteiger partial charge in [0.25, 0.3) is 0 Å². The molecule has 0 amide bonds. The minimum atomic E-state index is 0.219. The molecular formula is C14H12N2O2. The number of phenols is 1. The minimum Gasteiger partial charge on any atom is -0.507 e. The van der Waals surface area contributed by atoms with Crippen LogP contribution in [0.2, 0.25) is 0 Å². The number of aromatic hydroxyl groups is 1. The Kier molecular flexibility index (Phi) is 2.41. The van der Waals surface area contributed by atoms with Crippen LogP contribution in [0.15, 0.2) is 48.8 Å². The van der Waals surface area contributed by atoms with E-state index in [1.165, 1.54) is 0 Å². The van der Waals surface area contributed by atoms with Crippen molar-refractivity contribution in [2.45, 2.75) is 0 Å². The van der Waals surface area contributed by atoms with Crippen LogP contribution >= 0.6 is 0 Å². The zero-order chi connectivity index (χ0) is 12.5. The number of aromatic nitrogens is 2. The molecule has 2 heterocycles. The maximum atomic E-state index is 9.99. The number of hydrogen-bond acceptors (Lipinski definition) is 3. The Hall–Kier alpha value is -2.49. The largest absolute Gasteiger partial charge is 0.507 e. The first-order valence-electron chi connectivity index (χ1n) is 5.59. The van der Waals surface area contributed by atoms with E-state index in [9.17, 15) is 5.11 Å². The topological polar surface area (TPSA) is 46.8 Å². The fourth-order valence-corrected chi connectivity index (χ4v) is 2.01. The molecule has 1 aromatic carbocycles. The van der Waals surface area contributed by atoms with Crippen molar-refractivity contribution < 1.29 is 9.84 Å². The molecule has 0 radical (unpaired) electrons. The van der Waals surface area contributed by atoms with Crippen molar-refractivity contribution in [2.75, 3.05) is 7.11 Å². The summed E-state index contributed by atoms with van der Waals surface area (Å²) in [7, 11) is 1.61. The lowest BCUT2D eigenvalue weighted by Gasteiger charge is -2.09. The molecule has 0 saturated carbocycles. The molecular weight excluding hydrogens is 228 g/mol. The first-order chi connectivity index (χ1) is 8.79. The first-order valence-corrected chi connectivity index (χ1v) is 5.59. The molecule has 4 nitrogen and oxygen atoms in total. The number of hydrogen-bond donors (Lipinski definition) is 1. The van der Waals surface area contributed by atoms with Gasteiger partial charge in [-0.25, -0.2) is 4.98 Å². The molecule has 2 aromatic heterocycles. The number of methoxy groups -OCH3 is 1. The van der Waals surface area contributed by atoms with Gasteiger partial charge in [-0.1, -0.05) is 6.07 Å². The lowest BCUT2D eigenvalue weighted by Crippen LogP contribution is -1.92. The summed E-state index contributed by atoms with van der Waals surface area (Å²) in [5, 5.41) is 9.99.